The second kappa shape index (κ2) is 4.90. The number of aryl methyl sites for hydroxylation is 3. The van der Waals surface area contributed by atoms with Gasteiger partial charge in [0.05, 0.1) is 11.7 Å². The van der Waals surface area contributed by atoms with Crippen molar-refractivity contribution in [2.75, 3.05) is 7.05 Å². The maximum atomic E-state index is 14.0. The van der Waals surface area contributed by atoms with Gasteiger partial charge >= 0.3 is 0 Å². The van der Waals surface area contributed by atoms with Crippen molar-refractivity contribution in [3.63, 3.8) is 0 Å². The van der Waals surface area contributed by atoms with Crippen LogP contribution in [0.5, 0.6) is 0 Å². The van der Waals surface area contributed by atoms with Crippen LogP contribution >= 0.6 is 0 Å². The Hall–Kier alpha value is -1.68. The number of benzene rings is 1. The Kier molecular flexibility index (Phi) is 3.48. The lowest BCUT2D eigenvalue weighted by atomic mass is 9.97. The highest BCUT2D eigenvalue weighted by Gasteiger charge is 2.20. The molecule has 0 saturated heterocycles. The molecule has 0 amide bonds. The highest BCUT2D eigenvalue weighted by atomic mass is 19.1. The van der Waals surface area contributed by atoms with Gasteiger partial charge < -0.3 is 5.32 Å². The highest BCUT2D eigenvalue weighted by molar-refractivity contribution is 5.35. The molecule has 0 radical (unpaired) electrons. The molecule has 1 aromatic carbocycles. The predicted octanol–water partition coefficient (Wildman–Crippen LogP) is 2.48. The second-order valence-electron chi connectivity index (χ2n) is 4.59. The summed E-state index contributed by atoms with van der Waals surface area (Å²) in [5, 5.41) is 7.48. The van der Waals surface area contributed by atoms with Gasteiger partial charge in [0.2, 0.25) is 0 Å². The van der Waals surface area contributed by atoms with Crippen molar-refractivity contribution >= 4 is 0 Å². The SMILES string of the molecule is CNC(c1cc(C)ccc1F)c1cn(C)nc1C. The van der Waals surface area contributed by atoms with Gasteiger partial charge in [-0.15, -0.1) is 0 Å². The van der Waals surface area contributed by atoms with Crippen molar-refractivity contribution in [2.24, 2.45) is 7.05 Å². The third-order valence-electron chi connectivity index (χ3n) is 3.11. The molecule has 0 spiro atoms. The first-order chi connectivity index (χ1) is 8.52. The molecule has 1 aromatic heterocycles. The first-order valence-corrected chi connectivity index (χ1v) is 5.96. The van der Waals surface area contributed by atoms with E-state index in [9.17, 15) is 4.39 Å². The van der Waals surface area contributed by atoms with Gasteiger partial charge in [0, 0.05) is 24.4 Å². The predicted molar refractivity (Wildman–Crippen MR) is 70.0 cm³/mol. The molecule has 2 aromatic rings. The molecule has 0 fully saturated rings. The molecule has 0 aliphatic heterocycles. The van der Waals surface area contributed by atoms with Crippen LogP contribution in [0, 0.1) is 19.7 Å². The van der Waals surface area contributed by atoms with Gasteiger partial charge in [-0.05, 0) is 27.0 Å². The number of nitrogens with one attached hydrogen (secondary N) is 1. The quantitative estimate of drug-likeness (QED) is 0.903. The molecule has 1 N–H and O–H groups in total. The maximum Gasteiger partial charge on any atom is 0.128 e. The Morgan fingerprint density at radius 1 is 1.28 bits per heavy atom. The van der Waals surface area contributed by atoms with Crippen LogP contribution in [0.3, 0.4) is 0 Å². The molecule has 1 unspecified atom stereocenters. The van der Waals surface area contributed by atoms with Crippen LogP contribution in [0.2, 0.25) is 0 Å². The van der Waals surface area contributed by atoms with Crippen LogP contribution in [-0.2, 0) is 7.05 Å². The molecule has 1 heterocycles. The smallest absolute Gasteiger partial charge is 0.128 e. The van der Waals surface area contributed by atoms with Gasteiger partial charge in [-0.25, -0.2) is 4.39 Å². The van der Waals surface area contributed by atoms with Crippen LogP contribution < -0.4 is 5.32 Å². The van der Waals surface area contributed by atoms with Crippen molar-refractivity contribution < 1.29 is 4.39 Å². The minimum absolute atomic E-state index is 0.168. The van der Waals surface area contributed by atoms with Gasteiger partial charge in [0.1, 0.15) is 5.82 Å². The van der Waals surface area contributed by atoms with Crippen molar-refractivity contribution in [3.8, 4) is 0 Å². The van der Waals surface area contributed by atoms with E-state index in [1.807, 2.05) is 40.2 Å². The number of rotatable bonds is 3. The van der Waals surface area contributed by atoms with Crippen LogP contribution in [0.15, 0.2) is 24.4 Å². The summed E-state index contributed by atoms with van der Waals surface area (Å²) in [4.78, 5) is 0. The maximum absolute atomic E-state index is 14.0. The van der Waals surface area contributed by atoms with Crippen molar-refractivity contribution in [2.45, 2.75) is 19.9 Å². The molecule has 0 aliphatic carbocycles. The largest absolute Gasteiger partial charge is 0.309 e. The molecule has 4 heteroatoms. The monoisotopic (exact) mass is 247 g/mol. The average molecular weight is 247 g/mol. The Labute approximate surface area is 107 Å². The number of aromatic nitrogens is 2. The average Bonchev–Trinajstić information content (AvgIpc) is 2.64. The van der Waals surface area contributed by atoms with E-state index >= 15 is 0 Å². The normalized spacial score (nSPS) is 12.7. The molecule has 0 bridgehead atoms. The van der Waals surface area contributed by atoms with Crippen molar-refractivity contribution in [3.05, 3.63) is 52.6 Å². The number of halogens is 1. The highest BCUT2D eigenvalue weighted by Crippen LogP contribution is 2.26. The van der Waals surface area contributed by atoms with Gasteiger partial charge in [-0.2, -0.15) is 5.10 Å². The van der Waals surface area contributed by atoms with Crippen LogP contribution in [-0.4, -0.2) is 16.8 Å². The second-order valence-corrected chi connectivity index (χ2v) is 4.59. The first kappa shape index (κ1) is 12.8. The molecule has 1 atom stereocenters. The topological polar surface area (TPSA) is 29.9 Å². The minimum Gasteiger partial charge on any atom is -0.309 e. The summed E-state index contributed by atoms with van der Waals surface area (Å²) < 4.78 is 15.7. The van der Waals surface area contributed by atoms with Crippen molar-refractivity contribution in [1.29, 1.82) is 0 Å². The summed E-state index contributed by atoms with van der Waals surface area (Å²) in [6.45, 7) is 3.90. The van der Waals surface area contributed by atoms with Crippen LogP contribution in [0.25, 0.3) is 0 Å². The molecular weight excluding hydrogens is 229 g/mol. The number of hydrogen-bond acceptors (Lipinski definition) is 2. The fourth-order valence-corrected chi connectivity index (χ4v) is 2.26. The Balaban J connectivity index is 2.51. The zero-order chi connectivity index (χ0) is 13.3. The van der Waals surface area contributed by atoms with E-state index < -0.39 is 0 Å². The summed E-state index contributed by atoms with van der Waals surface area (Å²) in [5.41, 5.74) is 3.63. The molecule has 3 nitrogen and oxygen atoms in total. The molecule has 96 valence electrons. The fraction of sp³-hybridized carbons (Fsp3) is 0.357. The lowest BCUT2D eigenvalue weighted by Crippen LogP contribution is -2.19. The van der Waals surface area contributed by atoms with E-state index in [-0.39, 0.29) is 11.9 Å². The molecule has 0 saturated carbocycles. The Morgan fingerprint density at radius 3 is 2.56 bits per heavy atom. The third-order valence-corrected chi connectivity index (χ3v) is 3.11. The van der Waals surface area contributed by atoms with E-state index in [2.05, 4.69) is 10.4 Å². The number of hydrogen-bond donors (Lipinski definition) is 1. The van der Waals surface area contributed by atoms with Gasteiger partial charge in [-0.1, -0.05) is 17.7 Å². The third kappa shape index (κ3) is 2.29. The summed E-state index contributed by atoms with van der Waals surface area (Å²) >= 11 is 0. The Morgan fingerprint density at radius 2 is 2.00 bits per heavy atom. The van der Waals surface area contributed by atoms with Crippen LogP contribution in [0.1, 0.15) is 28.4 Å². The van der Waals surface area contributed by atoms with Gasteiger partial charge in [0.25, 0.3) is 0 Å². The van der Waals surface area contributed by atoms with Gasteiger partial charge in [-0.3, -0.25) is 4.68 Å². The van der Waals surface area contributed by atoms with E-state index in [1.54, 1.807) is 10.7 Å². The zero-order valence-electron chi connectivity index (χ0n) is 11.2. The van der Waals surface area contributed by atoms with E-state index in [0.29, 0.717) is 5.56 Å². The first-order valence-electron chi connectivity index (χ1n) is 5.96. The minimum atomic E-state index is -0.191. The lowest BCUT2D eigenvalue weighted by molar-refractivity contribution is 0.574. The summed E-state index contributed by atoms with van der Waals surface area (Å²) in [6, 6.07) is 5.00. The van der Waals surface area contributed by atoms with Crippen molar-refractivity contribution in [1.82, 2.24) is 15.1 Å². The molecule has 2 rings (SSSR count). The molecular formula is C14H18FN3. The van der Waals surface area contributed by atoms with E-state index in [4.69, 9.17) is 0 Å². The van der Waals surface area contributed by atoms with E-state index in [0.717, 1.165) is 16.8 Å². The fourth-order valence-electron chi connectivity index (χ4n) is 2.26. The zero-order valence-corrected chi connectivity index (χ0v) is 11.2. The molecule has 0 aliphatic rings. The summed E-state index contributed by atoms with van der Waals surface area (Å²) in [6.07, 6.45) is 1.93. The molecule has 18 heavy (non-hydrogen) atoms. The lowest BCUT2D eigenvalue weighted by Gasteiger charge is -2.17. The summed E-state index contributed by atoms with van der Waals surface area (Å²) in [5.74, 6) is -0.191. The van der Waals surface area contributed by atoms with E-state index in [1.165, 1.54) is 6.07 Å². The standard InChI is InChI=1S/C14H18FN3/c1-9-5-6-13(15)11(7-9)14(16-3)12-8-18(4)17-10(12)2/h5-8,14,16H,1-4H3. The van der Waals surface area contributed by atoms with Gasteiger partial charge in [0.15, 0.2) is 0 Å². The Bertz CT molecular complexity index is 560. The number of nitrogens with zero attached hydrogens (tertiary/aromatic N) is 2. The van der Waals surface area contributed by atoms with Crippen LogP contribution in [0.4, 0.5) is 4.39 Å². The summed E-state index contributed by atoms with van der Waals surface area (Å²) in [7, 11) is 3.70.